The molecule has 1 N–H and O–H groups in total. The first-order valence-corrected chi connectivity index (χ1v) is 7.86. The molecule has 1 aromatic heterocycles. The topological polar surface area (TPSA) is 65.8 Å². The number of rotatable bonds is 3. The summed E-state index contributed by atoms with van der Waals surface area (Å²) in [6.07, 6.45) is 0.780. The maximum atomic E-state index is 12.4. The van der Waals surface area contributed by atoms with Crippen molar-refractivity contribution < 1.29 is 14.0 Å². The van der Waals surface area contributed by atoms with E-state index in [0.29, 0.717) is 31.9 Å². The van der Waals surface area contributed by atoms with Gasteiger partial charge >= 0.3 is 6.03 Å². The Kier molecular flexibility index (Phi) is 5.11. The van der Waals surface area contributed by atoms with Gasteiger partial charge in [0, 0.05) is 38.6 Å². The number of furan rings is 1. The molecule has 0 unspecified atom stereocenters. The van der Waals surface area contributed by atoms with Gasteiger partial charge in [-0.05, 0) is 32.4 Å². The van der Waals surface area contributed by atoms with Crippen LogP contribution in [0.4, 0.5) is 4.79 Å². The Balaban J connectivity index is 1.93. The van der Waals surface area contributed by atoms with E-state index < -0.39 is 0 Å². The van der Waals surface area contributed by atoms with E-state index in [1.165, 1.54) is 0 Å². The average molecular weight is 307 g/mol. The van der Waals surface area contributed by atoms with Crippen molar-refractivity contribution in [1.29, 1.82) is 0 Å². The smallest absolute Gasteiger partial charge is 0.317 e. The van der Waals surface area contributed by atoms with Crippen LogP contribution in [0.25, 0.3) is 0 Å². The van der Waals surface area contributed by atoms with Crippen molar-refractivity contribution >= 4 is 11.9 Å². The Morgan fingerprint density at radius 2 is 1.82 bits per heavy atom. The predicted octanol–water partition coefficient (Wildman–Crippen LogP) is 2.03. The summed E-state index contributed by atoms with van der Waals surface area (Å²) < 4.78 is 5.62. The molecule has 0 spiro atoms. The minimum absolute atomic E-state index is 0.0655. The Morgan fingerprint density at radius 1 is 1.23 bits per heavy atom. The van der Waals surface area contributed by atoms with Crippen molar-refractivity contribution in [2.75, 3.05) is 26.2 Å². The van der Waals surface area contributed by atoms with Crippen molar-refractivity contribution in [1.82, 2.24) is 15.1 Å². The molecular formula is C16H25N3O3. The Hall–Kier alpha value is -1.98. The lowest BCUT2D eigenvalue weighted by atomic mass is 10.2. The summed E-state index contributed by atoms with van der Waals surface area (Å²) in [7, 11) is 0. The number of hydrogen-bond acceptors (Lipinski definition) is 3. The van der Waals surface area contributed by atoms with Crippen LogP contribution in [0.1, 0.15) is 42.6 Å². The lowest BCUT2D eigenvalue weighted by Crippen LogP contribution is -2.54. The van der Waals surface area contributed by atoms with E-state index in [0.717, 1.165) is 17.7 Å². The largest absolute Gasteiger partial charge is 0.456 e. The molecule has 6 heteroatoms. The summed E-state index contributed by atoms with van der Waals surface area (Å²) in [5.41, 5.74) is 1.01. The highest BCUT2D eigenvalue weighted by molar-refractivity contribution is 5.92. The van der Waals surface area contributed by atoms with Crippen molar-refractivity contribution in [3.05, 3.63) is 23.2 Å². The van der Waals surface area contributed by atoms with Crippen LogP contribution in [0, 0.1) is 6.92 Å². The maximum absolute atomic E-state index is 12.4. The molecule has 22 heavy (non-hydrogen) atoms. The van der Waals surface area contributed by atoms with E-state index in [1.54, 1.807) is 15.9 Å². The number of aryl methyl sites for hydroxylation is 2. The number of nitrogens with zero attached hydrogens (tertiary/aromatic N) is 2. The first-order chi connectivity index (χ1) is 10.4. The molecule has 0 atom stereocenters. The second-order valence-corrected chi connectivity index (χ2v) is 5.95. The van der Waals surface area contributed by atoms with Crippen molar-refractivity contribution in [3.8, 4) is 0 Å². The summed E-state index contributed by atoms with van der Waals surface area (Å²) in [5, 5.41) is 2.87. The number of nitrogens with one attached hydrogen (secondary N) is 1. The van der Waals surface area contributed by atoms with Gasteiger partial charge in [0.25, 0.3) is 5.91 Å². The molecular weight excluding hydrogens is 282 g/mol. The number of urea groups is 1. The van der Waals surface area contributed by atoms with Gasteiger partial charge in [-0.3, -0.25) is 4.79 Å². The monoisotopic (exact) mass is 307 g/mol. The van der Waals surface area contributed by atoms with Crippen LogP contribution >= 0.6 is 0 Å². The number of amides is 3. The first-order valence-electron chi connectivity index (χ1n) is 7.86. The lowest BCUT2D eigenvalue weighted by Gasteiger charge is -2.34. The molecule has 0 saturated carbocycles. The van der Waals surface area contributed by atoms with Gasteiger partial charge in [-0.15, -0.1) is 0 Å². The summed E-state index contributed by atoms with van der Waals surface area (Å²) >= 11 is 0. The minimum atomic E-state index is -0.0910. The second-order valence-electron chi connectivity index (χ2n) is 5.95. The maximum Gasteiger partial charge on any atom is 0.317 e. The molecule has 0 aliphatic carbocycles. The number of carbonyl (C=O) groups excluding carboxylic acids is 2. The molecule has 0 radical (unpaired) electrons. The fourth-order valence-corrected chi connectivity index (χ4v) is 2.58. The number of hydrogen-bond donors (Lipinski definition) is 1. The molecule has 122 valence electrons. The molecule has 3 amide bonds. The Bertz CT molecular complexity index is 543. The Morgan fingerprint density at radius 3 is 2.32 bits per heavy atom. The first kappa shape index (κ1) is 16.4. The van der Waals surface area contributed by atoms with Crippen LogP contribution in [0.3, 0.4) is 0 Å². The van der Waals surface area contributed by atoms with Gasteiger partial charge in [-0.25, -0.2) is 4.79 Å². The molecule has 1 aliphatic heterocycles. The standard InChI is InChI=1S/C16H25N3O3/c1-5-13-12(4)10-14(22-13)15(20)18-6-8-19(9-7-18)16(21)17-11(2)3/h10-11H,5-9H2,1-4H3,(H,17,21). The summed E-state index contributed by atoms with van der Waals surface area (Å²) in [6.45, 7) is 9.98. The number of piperazine rings is 1. The molecule has 2 rings (SSSR count). The third-order valence-corrected chi connectivity index (χ3v) is 3.82. The number of carbonyl (C=O) groups is 2. The highest BCUT2D eigenvalue weighted by atomic mass is 16.4. The van der Waals surface area contributed by atoms with Crippen molar-refractivity contribution in [2.45, 2.75) is 40.2 Å². The molecule has 0 aromatic carbocycles. The van der Waals surface area contributed by atoms with Gasteiger partial charge in [-0.1, -0.05) is 6.92 Å². The quantitative estimate of drug-likeness (QED) is 0.929. The normalized spacial score (nSPS) is 15.3. The fourth-order valence-electron chi connectivity index (χ4n) is 2.58. The zero-order chi connectivity index (χ0) is 16.3. The van der Waals surface area contributed by atoms with Crippen LogP contribution in [0.2, 0.25) is 0 Å². The lowest BCUT2D eigenvalue weighted by molar-refractivity contribution is 0.0631. The third-order valence-electron chi connectivity index (χ3n) is 3.82. The van der Waals surface area contributed by atoms with Gasteiger partial charge in [0.15, 0.2) is 5.76 Å². The molecule has 1 saturated heterocycles. The molecule has 6 nitrogen and oxygen atoms in total. The zero-order valence-electron chi connectivity index (χ0n) is 13.8. The predicted molar refractivity (Wildman–Crippen MR) is 84.0 cm³/mol. The summed E-state index contributed by atoms with van der Waals surface area (Å²) in [4.78, 5) is 27.9. The average Bonchev–Trinajstić information content (AvgIpc) is 2.87. The van der Waals surface area contributed by atoms with E-state index in [-0.39, 0.29) is 18.0 Å². The van der Waals surface area contributed by atoms with Crippen LogP contribution in [-0.2, 0) is 6.42 Å². The van der Waals surface area contributed by atoms with Crippen molar-refractivity contribution in [3.63, 3.8) is 0 Å². The van der Waals surface area contributed by atoms with E-state index in [2.05, 4.69) is 5.32 Å². The summed E-state index contributed by atoms with van der Waals surface area (Å²) in [5.74, 6) is 1.17. The minimum Gasteiger partial charge on any atom is -0.456 e. The molecule has 1 aromatic rings. The van der Waals surface area contributed by atoms with Crippen LogP contribution < -0.4 is 5.32 Å². The van der Waals surface area contributed by atoms with Gasteiger partial charge in [0.1, 0.15) is 5.76 Å². The second kappa shape index (κ2) is 6.85. The molecule has 1 fully saturated rings. The Labute approximate surface area is 131 Å². The van der Waals surface area contributed by atoms with Crippen LogP contribution in [0.5, 0.6) is 0 Å². The highest BCUT2D eigenvalue weighted by Crippen LogP contribution is 2.17. The third kappa shape index (κ3) is 3.61. The zero-order valence-corrected chi connectivity index (χ0v) is 13.8. The van der Waals surface area contributed by atoms with E-state index in [1.807, 2.05) is 27.7 Å². The van der Waals surface area contributed by atoms with Gasteiger partial charge < -0.3 is 19.5 Å². The van der Waals surface area contributed by atoms with Gasteiger partial charge in [-0.2, -0.15) is 0 Å². The highest BCUT2D eigenvalue weighted by Gasteiger charge is 2.27. The fraction of sp³-hybridized carbons (Fsp3) is 0.625. The van der Waals surface area contributed by atoms with Gasteiger partial charge in [0.05, 0.1) is 0 Å². The molecule has 2 heterocycles. The van der Waals surface area contributed by atoms with Crippen LogP contribution in [-0.4, -0.2) is 54.0 Å². The van der Waals surface area contributed by atoms with E-state index in [9.17, 15) is 9.59 Å². The molecule has 1 aliphatic rings. The van der Waals surface area contributed by atoms with Crippen molar-refractivity contribution in [2.24, 2.45) is 0 Å². The van der Waals surface area contributed by atoms with Gasteiger partial charge in [0.2, 0.25) is 0 Å². The van der Waals surface area contributed by atoms with E-state index >= 15 is 0 Å². The molecule has 0 bridgehead atoms. The summed E-state index contributed by atoms with van der Waals surface area (Å²) in [6, 6.07) is 1.86. The van der Waals surface area contributed by atoms with Crippen LogP contribution in [0.15, 0.2) is 10.5 Å². The van der Waals surface area contributed by atoms with E-state index in [4.69, 9.17) is 4.42 Å². The SMILES string of the molecule is CCc1oc(C(=O)N2CCN(C(=O)NC(C)C)CC2)cc1C.